The number of methoxy groups -OCH3 is 1. The lowest BCUT2D eigenvalue weighted by Crippen LogP contribution is -2.07. The fraction of sp³-hybridized carbons (Fsp3) is 0.182. The third kappa shape index (κ3) is 3.93. The summed E-state index contributed by atoms with van der Waals surface area (Å²) in [6, 6.07) is 20.5. The topological polar surface area (TPSA) is 47.0 Å². The second kappa shape index (κ2) is 7.76. The van der Waals surface area contributed by atoms with Crippen LogP contribution in [0.2, 0.25) is 0 Å². The predicted octanol–water partition coefficient (Wildman–Crippen LogP) is 5.33. The fourth-order valence-electron chi connectivity index (χ4n) is 3.01. The molecule has 0 aliphatic carbocycles. The number of thiophene rings is 1. The van der Waals surface area contributed by atoms with Gasteiger partial charge >= 0.3 is 0 Å². The van der Waals surface area contributed by atoms with E-state index in [0.29, 0.717) is 0 Å². The summed E-state index contributed by atoms with van der Waals surface area (Å²) in [7, 11) is 1.68. The van der Waals surface area contributed by atoms with Crippen molar-refractivity contribution >= 4 is 27.4 Å². The van der Waals surface area contributed by atoms with Crippen molar-refractivity contribution in [2.75, 3.05) is 19.0 Å². The summed E-state index contributed by atoms with van der Waals surface area (Å²) in [5.74, 6) is 2.54. The minimum Gasteiger partial charge on any atom is -0.497 e. The standard InChI is InChI=1S/C22H21N3OS/c1-15-14-19-21(23-13-12-16-8-10-18(26-2)11-9-16)24-20(25-22(19)27-15)17-6-4-3-5-7-17/h3-11,14H,12-13H2,1-2H3,(H,23,24,25). The minimum atomic E-state index is 0.761. The highest BCUT2D eigenvalue weighted by atomic mass is 32.1. The summed E-state index contributed by atoms with van der Waals surface area (Å²) in [4.78, 5) is 11.8. The first-order valence-corrected chi connectivity index (χ1v) is 9.75. The molecular formula is C22H21N3OS. The first-order chi connectivity index (χ1) is 13.2. The zero-order valence-corrected chi connectivity index (χ0v) is 16.2. The summed E-state index contributed by atoms with van der Waals surface area (Å²) in [5, 5.41) is 4.60. The van der Waals surface area contributed by atoms with Crippen molar-refractivity contribution in [2.45, 2.75) is 13.3 Å². The SMILES string of the molecule is COc1ccc(CCNc2nc(-c3ccccc3)nc3sc(C)cc23)cc1. The van der Waals surface area contributed by atoms with Crippen LogP contribution in [-0.2, 0) is 6.42 Å². The highest BCUT2D eigenvalue weighted by Crippen LogP contribution is 2.31. The first kappa shape index (κ1) is 17.5. The van der Waals surface area contributed by atoms with E-state index in [1.807, 2.05) is 42.5 Å². The van der Waals surface area contributed by atoms with E-state index < -0.39 is 0 Å². The molecule has 136 valence electrons. The number of rotatable bonds is 6. The number of nitrogens with one attached hydrogen (secondary N) is 1. The van der Waals surface area contributed by atoms with E-state index in [0.717, 1.165) is 46.1 Å². The average molecular weight is 375 g/mol. The van der Waals surface area contributed by atoms with Gasteiger partial charge in [-0.1, -0.05) is 42.5 Å². The molecule has 0 aliphatic heterocycles. The third-order valence-electron chi connectivity index (χ3n) is 4.41. The molecule has 27 heavy (non-hydrogen) atoms. The van der Waals surface area contributed by atoms with Gasteiger partial charge in [0.25, 0.3) is 0 Å². The van der Waals surface area contributed by atoms with Crippen LogP contribution in [0, 0.1) is 6.92 Å². The van der Waals surface area contributed by atoms with Gasteiger partial charge < -0.3 is 10.1 Å². The number of benzene rings is 2. The number of nitrogens with zero attached hydrogens (tertiary/aromatic N) is 2. The number of aromatic nitrogens is 2. The van der Waals surface area contributed by atoms with E-state index in [4.69, 9.17) is 14.7 Å². The molecule has 0 spiro atoms. The molecule has 0 aliphatic rings. The van der Waals surface area contributed by atoms with Crippen molar-refractivity contribution in [2.24, 2.45) is 0 Å². The molecule has 4 rings (SSSR count). The van der Waals surface area contributed by atoms with E-state index in [-0.39, 0.29) is 0 Å². The molecule has 0 saturated heterocycles. The maximum atomic E-state index is 5.22. The van der Waals surface area contributed by atoms with E-state index >= 15 is 0 Å². The highest BCUT2D eigenvalue weighted by Gasteiger charge is 2.11. The molecule has 2 aromatic carbocycles. The van der Waals surface area contributed by atoms with Gasteiger partial charge in [0.05, 0.1) is 12.5 Å². The van der Waals surface area contributed by atoms with Crippen LogP contribution in [-0.4, -0.2) is 23.6 Å². The molecular weight excluding hydrogens is 354 g/mol. The van der Waals surface area contributed by atoms with Gasteiger partial charge in [0, 0.05) is 17.0 Å². The molecule has 0 amide bonds. The molecule has 4 nitrogen and oxygen atoms in total. The Labute approximate surface area is 162 Å². The molecule has 1 N–H and O–H groups in total. The van der Waals surface area contributed by atoms with Crippen LogP contribution in [0.1, 0.15) is 10.4 Å². The molecule has 0 fully saturated rings. The van der Waals surface area contributed by atoms with Crippen molar-refractivity contribution in [1.29, 1.82) is 0 Å². The van der Waals surface area contributed by atoms with Crippen molar-refractivity contribution in [3.8, 4) is 17.1 Å². The zero-order valence-electron chi connectivity index (χ0n) is 15.4. The van der Waals surface area contributed by atoms with Gasteiger partial charge in [0.1, 0.15) is 16.4 Å². The molecule has 5 heteroatoms. The van der Waals surface area contributed by atoms with Crippen molar-refractivity contribution in [3.63, 3.8) is 0 Å². The first-order valence-electron chi connectivity index (χ1n) is 8.93. The lowest BCUT2D eigenvalue weighted by atomic mass is 10.1. The second-order valence-corrected chi connectivity index (χ2v) is 7.60. The Balaban J connectivity index is 1.58. The van der Waals surface area contributed by atoms with Crippen molar-refractivity contribution < 1.29 is 4.74 Å². The highest BCUT2D eigenvalue weighted by molar-refractivity contribution is 7.18. The summed E-state index contributed by atoms with van der Waals surface area (Å²) in [6.45, 7) is 2.91. The molecule has 0 bridgehead atoms. The van der Waals surface area contributed by atoms with E-state index in [9.17, 15) is 0 Å². The summed E-state index contributed by atoms with van der Waals surface area (Å²) < 4.78 is 5.22. The monoisotopic (exact) mass is 375 g/mol. The predicted molar refractivity (Wildman–Crippen MR) is 113 cm³/mol. The van der Waals surface area contributed by atoms with Gasteiger partial charge in [0.15, 0.2) is 5.82 Å². The lowest BCUT2D eigenvalue weighted by molar-refractivity contribution is 0.414. The number of hydrogen-bond donors (Lipinski definition) is 1. The normalized spacial score (nSPS) is 10.9. The quantitative estimate of drug-likeness (QED) is 0.495. The maximum absolute atomic E-state index is 5.22. The Bertz CT molecular complexity index is 1040. The van der Waals surface area contributed by atoms with Crippen molar-refractivity contribution in [3.05, 3.63) is 71.1 Å². The van der Waals surface area contributed by atoms with Crippen LogP contribution in [0.5, 0.6) is 5.75 Å². The number of hydrogen-bond acceptors (Lipinski definition) is 5. The number of ether oxygens (including phenoxy) is 1. The number of fused-ring (bicyclic) bond motifs is 1. The minimum absolute atomic E-state index is 0.761. The number of aryl methyl sites for hydroxylation is 1. The van der Waals surface area contributed by atoms with Gasteiger partial charge in [-0.05, 0) is 37.1 Å². The molecule has 0 unspecified atom stereocenters. The maximum Gasteiger partial charge on any atom is 0.163 e. The van der Waals surface area contributed by atoms with Crippen LogP contribution in [0.25, 0.3) is 21.6 Å². The third-order valence-corrected chi connectivity index (χ3v) is 5.36. The van der Waals surface area contributed by atoms with Crippen molar-refractivity contribution in [1.82, 2.24) is 9.97 Å². The Kier molecular flexibility index (Phi) is 5.03. The van der Waals surface area contributed by atoms with Crippen LogP contribution in [0.15, 0.2) is 60.7 Å². The molecule has 0 radical (unpaired) electrons. The van der Waals surface area contributed by atoms with Gasteiger partial charge in [-0.15, -0.1) is 11.3 Å². The molecule has 0 atom stereocenters. The summed E-state index contributed by atoms with van der Waals surface area (Å²) in [5.41, 5.74) is 2.29. The largest absolute Gasteiger partial charge is 0.497 e. The van der Waals surface area contributed by atoms with Crippen LogP contribution in [0.4, 0.5) is 5.82 Å². The van der Waals surface area contributed by atoms with E-state index in [1.165, 1.54) is 10.4 Å². The van der Waals surface area contributed by atoms with Crippen LogP contribution >= 0.6 is 11.3 Å². The van der Waals surface area contributed by atoms with E-state index in [1.54, 1.807) is 18.4 Å². The Morgan fingerprint density at radius 2 is 1.78 bits per heavy atom. The zero-order chi connectivity index (χ0) is 18.6. The van der Waals surface area contributed by atoms with Gasteiger partial charge in [-0.2, -0.15) is 0 Å². The van der Waals surface area contributed by atoms with E-state index in [2.05, 4.69) is 30.4 Å². The Morgan fingerprint density at radius 3 is 2.52 bits per heavy atom. The second-order valence-electron chi connectivity index (χ2n) is 6.36. The lowest BCUT2D eigenvalue weighted by Gasteiger charge is -2.09. The van der Waals surface area contributed by atoms with Gasteiger partial charge in [-0.3, -0.25) is 0 Å². The summed E-state index contributed by atoms with van der Waals surface area (Å²) >= 11 is 1.70. The molecule has 4 aromatic rings. The van der Waals surface area contributed by atoms with Crippen LogP contribution in [0.3, 0.4) is 0 Å². The Morgan fingerprint density at radius 1 is 1.00 bits per heavy atom. The fourth-order valence-corrected chi connectivity index (χ4v) is 3.89. The molecule has 2 heterocycles. The Hall–Kier alpha value is -2.92. The van der Waals surface area contributed by atoms with Gasteiger partial charge in [-0.25, -0.2) is 9.97 Å². The van der Waals surface area contributed by atoms with Gasteiger partial charge in [0.2, 0.25) is 0 Å². The smallest absolute Gasteiger partial charge is 0.163 e. The number of anilines is 1. The van der Waals surface area contributed by atoms with Crippen LogP contribution < -0.4 is 10.1 Å². The molecule has 2 aromatic heterocycles. The molecule has 0 saturated carbocycles. The summed E-state index contributed by atoms with van der Waals surface area (Å²) in [6.07, 6.45) is 0.916. The average Bonchev–Trinajstić information content (AvgIpc) is 3.09.